The van der Waals surface area contributed by atoms with Crippen LogP contribution in [0.5, 0.6) is 0 Å². The fourth-order valence-electron chi connectivity index (χ4n) is 4.35. The first kappa shape index (κ1) is 36.5. The van der Waals surface area contributed by atoms with E-state index in [0.717, 1.165) is 51.8 Å². The first-order valence-electron chi connectivity index (χ1n) is 14.4. The molecule has 2 aromatic carbocycles. The van der Waals surface area contributed by atoms with E-state index in [9.17, 15) is 14.4 Å². The molecule has 0 aliphatic rings. The van der Waals surface area contributed by atoms with Crippen LogP contribution in [0, 0.1) is 0 Å². The first-order valence-corrected chi connectivity index (χ1v) is 26.8. The third-order valence-electron chi connectivity index (χ3n) is 6.86. The number of benzene rings is 2. The maximum absolute atomic E-state index is 13.2. The summed E-state index contributed by atoms with van der Waals surface area (Å²) in [7, 11) is 3.21. The molecule has 0 unspecified atom stereocenters. The van der Waals surface area contributed by atoms with Crippen LogP contribution in [-0.4, -0.2) is 65.8 Å². The van der Waals surface area contributed by atoms with E-state index >= 15 is 0 Å². The van der Waals surface area contributed by atoms with Crippen molar-refractivity contribution in [2.24, 2.45) is 0 Å². The molecular formula is C32H48O6Sn2. The van der Waals surface area contributed by atoms with Gasteiger partial charge in [0.25, 0.3) is 0 Å². The van der Waals surface area contributed by atoms with Crippen molar-refractivity contribution in [2.45, 2.75) is 79.5 Å². The molecular weight excluding hydrogens is 718 g/mol. The van der Waals surface area contributed by atoms with Gasteiger partial charge in [0, 0.05) is 0 Å². The normalized spacial score (nSPS) is 11.2. The van der Waals surface area contributed by atoms with Gasteiger partial charge in [-0.1, -0.05) is 0 Å². The molecule has 0 atom stereocenters. The van der Waals surface area contributed by atoms with E-state index in [-0.39, 0.29) is 7.60 Å². The Kier molecular flexibility index (Phi) is 17.9. The molecule has 0 aromatic heterocycles. The Bertz CT molecular complexity index is 1040. The van der Waals surface area contributed by atoms with Crippen LogP contribution in [0.3, 0.4) is 0 Å². The van der Waals surface area contributed by atoms with Crippen LogP contribution in [0.2, 0.25) is 13.3 Å². The standard InChI is InChI=1S/2C7H5O.C4H6O2.3C4H9.2CH3O.2Sn/c2*8-6-7-4-2-1-3-5-7;1-3(2)4(5)6;3*1-3-4-2;2*1-2;;/h2*1-5H;1H2,2H3,(H,5,6);3*1,3-4H2,2H3;2*1H3;;/q;;;;;;2*-1;+1;+2/p-1. The average molecular weight is 766 g/mol. The van der Waals surface area contributed by atoms with Crippen LogP contribution in [0.1, 0.15) is 86.9 Å². The van der Waals surface area contributed by atoms with Crippen LogP contribution in [0.4, 0.5) is 0 Å². The summed E-state index contributed by atoms with van der Waals surface area (Å²) in [5.41, 5.74) is 1.77. The second-order valence-corrected chi connectivity index (χ2v) is 29.8. The third kappa shape index (κ3) is 11.1. The average Bonchev–Trinajstić information content (AvgIpc) is 3.00. The van der Waals surface area contributed by atoms with Gasteiger partial charge >= 0.3 is 253 Å². The van der Waals surface area contributed by atoms with Gasteiger partial charge in [-0.25, -0.2) is 0 Å². The van der Waals surface area contributed by atoms with Gasteiger partial charge in [-0.3, -0.25) is 0 Å². The van der Waals surface area contributed by atoms with E-state index in [0.29, 0.717) is 16.7 Å². The van der Waals surface area contributed by atoms with Crippen molar-refractivity contribution in [3.63, 3.8) is 0 Å². The third-order valence-corrected chi connectivity index (χ3v) is 27.8. The number of hydrogen-bond donors (Lipinski definition) is 0. The Morgan fingerprint density at radius 2 is 1.07 bits per heavy atom. The molecule has 0 fully saturated rings. The van der Waals surface area contributed by atoms with Crippen LogP contribution < -0.4 is 0 Å². The fraction of sp³-hybridized carbons (Fsp3) is 0.469. The fourth-order valence-corrected chi connectivity index (χ4v) is 23.4. The zero-order chi connectivity index (χ0) is 30.0. The molecule has 2 aromatic rings. The molecule has 0 amide bonds. The molecule has 0 N–H and O–H groups in total. The van der Waals surface area contributed by atoms with Gasteiger partial charge in [-0.05, 0) is 0 Å². The van der Waals surface area contributed by atoms with Crippen molar-refractivity contribution in [3.8, 4) is 0 Å². The molecule has 2 rings (SSSR count). The molecule has 8 heteroatoms. The molecule has 0 heterocycles. The molecule has 0 spiro atoms. The van der Waals surface area contributed by atoms with Crippen molar-refractivity contribution in [1.82, 2.24) is 0 Å². The Balaban J connectivity index is 0.000000418. The Labute approximate surface area is 251 Å². The van der Waals surface area contributed by atoms with E-state index < -0.39 is 44.0 Å². The van der Waals surface area contributed by atoms with Crippen LogP contribution in [0.25, 0.3) is 0 Å². The summed E-state index contributed by atoms with van der Waals surface area (Å²) in [6.45, 7) is 11.6. The molecule has 40 heavy (non-hydrogen) atoms. The molecule has 0 saturated heterocycles. The zero-order valence-electron chi connectivity index (χ0n) is 25.3. The van der Waals surface area contributed by atoms with E-state index in [1.165, 1.54) is 0 Å². The molecule has 0 bridgehead atoms. The number of carbonyl (C=O) groups excluding carboxylic acids is 3. The number of carbonyl (C=O) groups is 3. The summed E-state index contributed by atoms with van der Waals surface area (Å²) in [5, 5.41) is 0. The summed E-state index contributed by atoms with van der Waals surface area (Å²) in [5.74, 6) is -0.391. The van der Waals surface area contributed by atoms with Gasteiger partial charge < -0.3 is 0 Å². The number of rotatable bonds is 17. The Morgan fingerprint density at radius 1 is 0.675 bits per heavy atom. The van der Waals surface area contributed by atoms with Crippen molar-refractivity contribution in [3.05, 3.63) is 83.9 Å². The van der Waals surface area contributed by atoms with Crippen molar-refractivity contribution < 1.29 is 23.6 Å². The first-order chi connectivity index (χ1) is 19.2. The summed E-state index contributed by atoms with van der Waals surface area (Å²) in [6.07, 6.45) is 5.89. The van der Waals surface area contributed by atoms with Gasteiger partial charge in [0.1, 0.15) is 0 Å². The van der Waals surface area contributed by atoms with Gasteiger partial charge in [0.2, 0.25) is 0 Å². The van der Waals surface area contributed by atoms with Gasteiger partial charge in [0.05, 0.1) is 0 Å². The van der Waals surface area contributed by atoms with Crippen LogP contribution in [-0.2, 0) is 14.0 Å². The number of hydrogen-bond acceptors (Lipinski definition) is 6. The Morgan fingerprint density at radius 3 is 1.45 bits per heavy atom. The summed E-state index contributed by atoms with van der Waals surface area (Å²) in [4.78, 5) is 37.9. The molecule has 0 saturated carbocycles. The predicted molar refractivity (Wildman–Crippen MR) is 167 cm³/mol. The predicted octanol–water partition coefficient (Wildman–Crippen LogP) is 8.02. The molecule has 220 valence electrons. The second kappa shape index (κ2) is 19.6. The molecule has 0 aliphatic carbocycles. The summed E-state index contributed by atoms with van der Waals surface area (Å²) >= 11 is -7.34. The van der Waals surface area contributed by atoms with E-state index in [1.807, 2.05) is 60.7 Å². The number of unbranched alkanes of at least 4 members (excludes halogenated alkanes) is 3. The van der Waals surface area contributed by atoms with Gasteiger partial charge in [-0.2, -0.15) is 0 Å². The second-order valence-electron chi connectivity index (χ2n) is 10.0. The van der Waals surface area contributed by atoms with Crippen LogP contribution in [0.15, 0.2) is 72.8 Å². The summed E-state index contributed by atoms with van der Waals surface area (Å²) in [6, 6.07) is 18.6. The van der Waals surface area contributed by atoms with Crippen molar-refractivity contribution in [1.29, 1.82) is 0 Å². The minimum atomic E-state index is -3.77. The zero-order valence-corrected chi connectivity index (χ0v) is 31.0. The van der Waals surface area contributed by atoms with E-state index in [4.69, 9.17) is 9.22 Å². The van der Waals surface area contributed by atoms with E-state index in [2.05, 4.69) is 27.4 Å². The Hall–Kier alpha value is -1.49. The molecule has 0 radical (unpaired) electrons. The van der Waals surface area contributed by atoms with Crippen molar-refractivity contribution >= 4 is 51.6 Å². The van der Waals surface area contributed by atoms with Crippen molar-refractivity contribution in [2.75, 3.05) is 14.2 Å². The maximum atomic E-state index is 13.2. The monoisotopic (exact) mass is 768 g/mol. The van der Waals surface area contributed by atoms with Gasteiger partial charge in [-0.15, -0.1) is 0 Å². The topological polar surface area (TPSA) is 78.9 Å². The van der Waals surface area contributed by atoms with Crippen LogP contribution >= 0.6 is 0 Å². The van der Waals surface area contributed by atoms with E-state index in [1.54, 1.807) is 21.1 Å². The molecule has 0 aliphatic heterocycles. The summed E-state index contributed by atoms with van der Waals surface area (Å²) < 4.78 is 19.5. The minimum absolute atomic E-state index is 0.0957. The quantitative estimate of drug-likeness (QED) is 0.120. The molecule has 6 nitrogen and oxygen atoms in total. The SMILES string of the molecule is C=C(C)C(=O)[O][Sn]([CH2]CCC)([CH2]CCC)[C](=O)c1ccccc1.CCC[CH2][Sn]([O]C)([O]C)[C](=O)c1ccccc1. The van der Waals surface area contributed by atoms with Gasteiger partial charge in [0.15, 0.2) is 0 Å².